The summed E-state index contributed by atoms with van der Waals surface area (Å²) in [5, 5.41) is 3.46. The zero-order chi connectivity index (χ0) is 29.5. The maximum absolute atomic E-state index is 13.7. The van der Waals surface area contributed by atoms with Crippen LogP contribution >= 0.6 is 23.7 Å². The number of ether oxygens (including phenoxy) is 2. The largest absolute Gasteiger partial charge is 0.481 e. The molecule has 1 N–H and O–H groups in total. The quantitative estimate of drug-likeness (QED) is 0.198. The minimum atomic E-state index is -3.84. The number of hydrogen-bond acceptors (Lipinski definition) is 9. The number of hydrogen-bond donors (Lipinski definition) is 1. The molecule has 4 aromatic rings. The van der Waals surface area contributed by atoms with Crippen molar-refractivity contribution < 1.29 is 22.7 Å². The second kappa shape index (κ2) is 15.0. The third-order valence-corrected chi connectivity index (χ3v) is 10.3. The van der Waals surface area contributed by atoms with Crippen molar-refractivity contribution in [2.24, 2.45) is 5.92 Å². The van der Waals surface area contributed by atoms with Crippen molar-refractivity contribution in [1.29, 1.82) is 0 Å². The third kappa shape index (κ3) is 8.07. The Hall–Kier alpha value is -3.16. The van der Waals surface area contributed by atoms with E-state index in [0.29, 0.717) is 39.4 Å². The van der Waals surface area contributed by atoms with E-state index >= 15 is 0 Å². The van der Waals surface area contributed by atoms with Crippen molar-refractivity contribution in [2.45, 2.75) is 49.5 Å². The van der Waals surface area contributed by atoms with Crippen molar-refractivity contribution in [1.82, 2.24) is 19.3 Å². The lowest BCUT2D eigenvalue weighted by atomic mass is 9.87. The number of amides is 1. The number of rotatable bonds is 13. The van der Waals surface area contributed by atoms with Gasteiger partial charge in [-0.1, -0.05) is 55.2 Å². The van der Waals surface area contributed by atoms with Gasteiger partial charge in [0.15, 0.2) is 5.13 Å². The maximum atomic E-state index is 13.7. The van der Waals surface area contributed by atoms with E-state index in [2.05, 4.69) is 20.3 Å². The number of nitrogens with zero attached hydrogens (tertiary/aromatic N) is 4. The molecule has 1 atom stereocenters. The Bertz CT molecular complexity index is 1600. The van der Waals surface area contributed by atoms with Gasteiger partial charge in [-0.3, -0.25) is 9.78 Å². The number of nitrogens with one attached hydrogen (secondary N) is 1. The average Bonchev–Trinajstić information content (AvgIpc) is 3.67. The molecule has 0 aliphatic heterocycles. The number of carbonyl (C=O) groups is 1. The minimum Gasteiger partial charge on any atom is -0.481 e. The Morgan fingerprint density at radius 3 is 2.51 bits per heavy atom. The van der Waals surface area contributed by atoms with E-state index in [1.165, 1.54) is 22.8 Å². The third-order valence-electron chi connectivity index (χ3n) is 7.56. The first-order chi connectivity index (χ1) is 20.4. The van der Waals surface area contributed by atoms with E-state index in [1.54, 1.807) is 55.8 Å². The van der Waals surface area contributed by atoms with Gasteiger partial charge in [-0.15, -0.1) is 12.4 Å². The highest BCUT2D eigenvalue weighted by atomic mass is 35.5. The van der Waals surface area contributed by atoms with E-state index < -0.39 is 15.9 Å². The van der Waals surface area contributed by atoms with Crippen molar-refractivity contribution in [3.05, 3.63) is 72.1 Å². The molecule has 13 heteroatoms. The number of halogens is 1. The fourth-order valence-electron chi connectivity index (χ4n) is 5.30. The fraction of sp³-hybridized carbons (Fsp3) is 0.400. The predicted molar refractivity (Wildman–Crippen MR) is 169 cm³/mol. The van der Waals surface area contributed by atoms with Gasteiger partial charge in [-0.25, -0.2) is 18.4 Å². The first-order valence-electron chi connectivity index (χ1n) is 14.0. The molecule has 1 amide bonds. The molecule has 1 fully saturated rings. The topological polar surface area (TPSA) is 124 Å². The lowest BCUT2D eigenvalue weighted by Gasteiger charge is -2.23. The summed E-state index contributed by atoms with van der Waals surface area (Å²) in [6, 6.07) is 15.7. The number of pyridine rings is 2. The highest BCUT2D eigenvalue weighted by Crippen LogP contribution is 2.36. The van der Waals surface area contributed by atoms with Gasteiger partial charge in [0.1, 0.15) is 10.3 Å². The van der Waals surface area contributed by atoms with Crippen molar-refractivity contribution in [3.8, 4) is 5.88 Å². The van der Waals surface area contributed by atoms with Crippen LogP contribution in [0.5, 0.6) is 5.88 Å². The van der Waals surface area contributed by atoms with Crippen molar-refractivity contribution >= 4 is 55.2 Å². The zero-order valence-corrected chi connectivity index (χ0v) is 26.6. The molecule has 1 unspecified atom stereocenters. The number of sulfonamides is 1. The summed E-state index contributed by atoms with van der Waals surface area (Å²) in [7, 11) is -0.744. The molecule has 0 radical (unpaired) electrons. The lowest BCUT2D eigenvalue weighted by molar-refractivity contribution is -0.118. The molecule has 0 spiro atoms. The molecule has 3 heterocycles. The van der Waals surface area contributed by atoms with Gasteiger partial charge in [0.05, 0.1) is 36.8 Å². The molecule has 43 heavy (non-hydrogen) atoms. The van der Waals surface area contributed by atoms with E-state index in [-0.39, 0.29) is 42.9 Å². The van der Waals surface area contributed by atoms with Gasteiger partial charge in [-0.05, 0) is 48.2 Å². The number of fused-ring (bicyclic) bond motifs is 1. The Kier molecular flexibility index (Phi) is 11.4. The summed E-state index contributed by atoms with van der Waals surface area (Å²) in [6.45, 7) is 0.568. The van der Waals surface area contributed by atoms with Gasteiger partial charge >= 0.3 is 0 Å². The molecule has 1 aliphatic carbocycles. The Labute approximate surface area is 262 Å². The van der Waals surface area contributed by atoms with Gasteiger partial charge < -0.3 is 14.8 Å². The summed E-state index contributed by atoms with van der Waals surface area (Å²) in [6.07, 6.45) is 6.83. The highest BCUT2D eigenvalue weighted by molar-refractivity contribution is 7.89. The van der Waals surface area contributed by atoms with Gasteiger partial charge in [0.25, 0.3) is 0 Å². The van der Waals surface area contributed by atoms with Crippen molar-refractivity contribution in [3.63, 3.8) is 0 Å². The molecule has 0 saturated heterocycles. The zero-order valence-electron chi connectivity index (χ0n) is 24.1. The lowest BCUT2D eigenvalue weighted by Crippen LogP contribution is -2.33. The van der Waals surface area contributed by atoms with Crippen LogP contribution in [0.15, 0.2) is 65.7 Å². The molecule has 10 nitrogen and oxygen atoms in total. The predicted octanol–water partition coefficient (Wildman–Crippen LogP) is 5.66. The number of thiazole rings is 1. The Morgan fingerprint density at radius 2 is 1.84 bits per heavy atom. The fourth-order valence-corrected chi connectivity index (χ4v) is 7.53. The van der Waals surface area contributed by atoms with Gasteiger partial charge in [-0.2, -0.15) is 4.31 Å². The second-order valence-corrected chi connectivity index (χ2v) is 13.3. The number of methoxy groups -OCH3 is 2. The first kappa shape index (κ1) is 32.7. The summed E-state index contributed by atoms with van der Waals surface area (Å²) in [5.41, 5.74) is 2.10. The van der Waals surface area contributed by atoms with E-state index in [9.17, 15) is 13.2 Å². The second-order valence-electron chi connectivity index (χ2n) is 10.3. The van der Waals surface area contributed by atoms with Gasteiger partial charge in [0, 0.05) is 25.9 Å². The highest BCUT2D eigenvalue weighted by Gasteiger charge is 2.29. The van der Waals surface area contributed by atoms with Crippen LogP contribution < -0.4 is 10.1 Å². The smallest absolute Gasteiger partial charge is 0.243 e. The summed E-state index contributed by atoms with van der Waals surface area (Å²) < 4.78 is 39.0. The van der Waals surface area contributed by atoms with Gasteiger partial charge in [0.2, 0.25) is 21.8 Å². The molecule has 1 aliphatic rings. The Morgan fingerprint density at radius 1 is 1.07 bits per heavy atom. The van der Waals surface area contributed by atoms with Crippen LogP contribution in [-0.4, -0.2) is 61.0 Å². The molecule has 1 aromatic carbocycles. The number of benzene rings is 1. The van der Waals surface area contributed by atoms with E-state index in [0.717, 1.165) is 31.2 Å². The van der Waals surface area contributed by atoms with Crippen LogP contribution in [0.4, 0.5) is 5.13 Å². The number of anilines is 1. The molecular weight excluding hydrogens is 610 g/mol. The molecular formula is C30H36ClN5O5S2. The average molecular weight is 646 g/mol. The molecule has 3 aromatic heterocycles. The first-order valence-corrected chi connectivity index (χ1v) is 16.2. The van der Waals surface area contributed by atoms with Crippen LogP contribution in [0.25, 0.3) is 10.3 Å². The number of aromatic nitrogens is 3. The summed E-state index contributed by atoms with van der Waals surface area (Å²) >= 11 is 1.29. The van der Waals surface area contributed by atoms with Crippen LogP contribution in [0.2, 0.25) is 0 Å². The molecule has 5 rings (SSSR count). The summed E-state index contributed by atoms with van der Waals surface area (Å²) in [5.74, 6) is 0.310. The normalized spacial score (nSPS) is 14.5. The van der Waals surface area contributed by atoms with Crippen LogP contribution in [-0.2, 0) is 26.1 Å². The maximum Gasteiger partial charge on any atom is 0.243 e. The molecule has 0 bridgehead atoms. The van der Waals surface area contributed by atoms with Crippen LogP contribution in [0.1, 0.15) is 49.3 Å². The van der Waals surface area contributed by atoms with Crippen LogP contribution in [0, 0.1) is 5.92 Å². The number of carbonyl (C=O) groups excluding carboxylic acids is 1. The minimum absolute atomic E-state index is 0. The van der Waals surface area contributed by atoms with E-state index in [1.807, 2.05) is 12.1 Å². The van der Waals surface area contributed by atoms with Crippen LogP contribution in [0.3, 0.4) is 0 Å². The van der Waals surface area contributed by atoms with E-state index in [4.69, 9.17) is 9.47 Å². The Balaban J connectivity index is 0.00000423. The standard InChI is InChI=1S/C30H35N5O5S2.ClH/c1-39-18-17-35(20-23-9-5-6-16-31-23)42(37,38)24-12-10-22(11-13-24)25(19-21-7-3-4-8-21)28(36)34-30-32-26-14-15-27(40-2)33-29(26)41-30;/h5-6,9-16,21,25H,3-4,7-8,17-20H2,1-2H3,(H,32,34,36);1H. The molecule has 230 valence electrons. The SMILES string of the molecule is COCCN(Cc1ccccn1)S(=O)(=O)c1ccc(C(CC2CCCC2)C(=O)Nc2nc3ccc(OC)nc3s2)cc1.Cl. The summed E-state index contributed by atoms with van der Waals surface area (Å²) in [4.78, 5) is 27.7. The molecule has 1 saturated carbocycles. The van der Waals surface area contributed by atoms with Crippen molar-refractivity contribution in [2.75, 3.05) is 32.7 Å². The monoisotopic (exact) mass is 645 g/mol.